The highest BCUT2D eigenvalue weighted by molar-refractivity contribution is 6.31. The van der Waals surface area contributed by atoms with Gasteiger partial charge in [0.15, 0.2) is 6.61 Å². The highest BCUT2D eigenvalue weighted by Gasteiger charge is 2.10. The maximum Gasteiger partial charge on any atom is 0.310 e. The third-order valence-electron chi connectivity index (χ3n) is 3.19. The SMILES string of the molecule is CC(=O)Nc1ccc(CC(=O)OCC(=O)Nc2ccc(F)c(Cl)c2)cc1. The fraction of sp³-hybridized carbons (Fsp3) is 0.167. The average Bonchev–Trinajstić information content (AvgIpc) is 2.58. The van der Waals surface area contributed by atoms with E-state index in [-0.39, 0.29) is 17.4 Å². The molecular weight excluding hydrogens is 363 g/mol. The molecule has 0 saturated carbocycles. The lowest BCUT2D eigenvalue weighted by Crippen LogP contribution is -2.21. The summed E-state index contributed by atoms with van der Waals surface area (Å²) in [6.07, 6.45) is -0.0178. The van der Waals surface area contributed by atoms with Crippen LogP contribution in [0.1, 0.15) is 12.5 Å². The zero-order chi connectivity index (χ0) is 19.1. The number of esters is 1. The molecule has 136 valence electrons. The van der Waals surface area contributed by atoms with Crippen LogP contribution in [0, 0.1) is 5.82 Å². The van der Waals surface area contributed by atoms with Crippen molar-refractivity contribution in [2.24, 2.45) is 0 Å². The molecule has 0 spiro atoms. The molecule has 0 saturated heterocycles. The number of carbonyl (C=O) groups is 3. The molecule has 0 unspecified atom stereocenters. The van der Waals surface area contributed by atoms with Crippen LogP contribution in [0.4, 0.5) is 15.8 Å². The van der Waals surface area contributed by atoms with Gasteiger partial charge >= 0.3 is 5.97 Å². The van der Waals surface area contributed by atoms with Gasteiger partial charge in [-0.15, -0.1) is 0 Å². The van der Waals surface area contributed by atoms with Gasteiger partial charge < -0.3 is 15.4 Å². The number of anilines is 2. The van der Waals surface area contributed by atoms with E-state index in [1.165, 1.54) is 19.1 Å². The summed E-state index contributed by atoms with van der Waals surface area (Å²) in [5.74, 6) is -1.93. The van der Waals surface area contributed by atoms with Crippen molar-refractivity contribution in [1.29, 1.82) is 0 Å². The van der Waals surface area contributed by atoms with E-state index in [2.05, 4.69) is 10.6 Å². The fourth-order valence-electron chi connectivity index (χ4n) is 2.04. The molecule has 0 atom stereocenters. The molecule has 2 aromatic carbocycles. The van der Waals surface area contributed by atoms with Crippen molar-refractivity contribution >= 4 is 40.8 Å². The smallest absolute Gasteiger partial charge is 0.310 e. The fourth-order valence-corrected chi connectivity index (χ4v) is 2.22. The Kier molecular flexibility index (Phi) is 6.68. The Bertz CT molecular complexity index is 824. The minimum atomic E-state index is -0.597. The Morgan fingerprint density at radius 2 is 1.69 bits per heavy atom. The molecule has 0 heterocycles. The number of nitrogens with one attached hydrogen (secondary N) is 2. The van der Waals surface area contributed by atoms with Crippen molar-refractivity contribution in [2.45, 2.75) is 13.3 Å². The number of amides is 2. The second-order valence-corrected chi connectivity index (χ2v) is 5.80. The number of halogens is 2. The molecule has 2 rings (SSSR count). The van der Waals surface area contributed by atoms with Crippen molar-refractivity contribution in [1.82, 2.24) is 0 Å². The van der Waals surface area contributed by atoms with Gasteiger partial charge in [0.2, 0.25) is 5.91 Å². The van der Waals surface area contributed by atoms with Crippen molar-refractivity contribution in [3.05, 3.63) is 58.9 Å². The molecule has 6 nitrogen and oxygen atoms in total. The van der Waals surface area contributed by atoms with Gasteiger partial charge in [-0.3, -0.25) is 14.4 Å². The molecule has 2 amide bonds. The lowest BCUT2D eigenvalue weighted by Gasteiger charge is -2.08. The molecule has 0 aliphatic heterocycles. The van der Waals surface area contributed by atoms with Crippen LogP contribution < -0.4 is 10.6 Å². The average molecular weight is 379 g/mol. The van der Waals surface area contributed by atoms with Crippen molar-refractivity contribution in [3.63, 3.8) is 0 Å². The van der Waals surface area contributed by atoms with Crippen LogP contribution in [-0.2, 0) is 25.5 Å². The van der Waals surface area contributed by atoms with Gasteiger partial charge in [-0.25, -0.2) is 4.39 Å². The van der Waals surface area contributed by atoms with Gasteiger partial charge in [-0.05, 0) is 35.9 Å². The summed E-state index contributed by atoms with van der Waals surface area (Å²) in [6.45, 7) is 0.925. The summed E-state index contributed by atoms with van der Waals surface area (Å²) in [5.41, 5.74) is 1.59. The van der Waals surface area contributed by atoms with Crippen molar-refractivity contribution in [2.75, 3.05) is 17.2 Å². The van der Waals surface area contributed by atoms with E-state index in [9.17, 15) is 18.8 Å². The third-order valence-corrected chi connectivity index (χ3v) is 3.48. The minimum Gasteiger partial charge on any atom is -0.455 e. The molecule has 26 heavy (non-hydrogen) atoms. The summed E-state index contributed by atoms with van der Waals surface area (Å²) in [5, 5.41) is 4.94. The van der Waals surface area contributed by atoms with Crippen LogP contribution in [0.15, 0.2) is 42.5 Å². The first-order valence-electron chi connectivity index (χ1n) is 7.60. The number of ether oxygens (including phenoxy) is 1. The summed E-state index contributed by atoms with van der Waals surface area (Å²) in [4.78, 5) is 34.5. The van der Waals surface area contributed by atoms with E-state index < -0.39 is 24.3 Å². The number of hydrogen-bond acceptors (Lipinski definition) is 4. The predicted molar refractivity (Wildman–Crippen MR) is 95.4 cm³/mol. The lowest BCUT2D eigenvalue weighted by molar-refractivity contribution is -0.146. The quantitative estimate of drug-likeness (QED) is 0.756. The van der Waals surface area contributed by atoms with Crippen LogP contribution >= 0.6 is 11.6 Å². The summed E-state index contributed by atoms with van der Waals surface area (Å²) in [6, 6.07) is 10.4. The molecule has 0 bridgehead atoms. The van der Waals surface area contributed by atoms with E-state index in [4.69, 9.17) is 16.3 Å². The minimum absolute atomic E-state index is 0.0178. The van der Waals surface area contributed by atoms with Gasteiger partial charge in [0.25, 0.3) is 5.91 Å². The standard InChI is InChI=1S/C18H16ClFN2O4/c1-11(23)21-13-4-2-12(3-5-13)8-18(25)26-10-17(24)22-14-6-7-16(20)15(19)9-14/h2-7,9H,8,10H2,1H3,(H,21,23)(H,22,24). The maximum atomic E-state index is 13.0. The monoisotopic (exact) mass is 378 g/mol. The van der Waals surface area contributed by atoms with Crippen LogP contribution in [0.5, 0.6) is 0 Å². The van der Waals surface area contributed by atoms with Gasteiger partial charge in [-0.2, -0.15) is 0 Å². The van der Waals surface area contributed by atoms with Crippen LogP contribution in [0.3, 0.4) is 0 Å². The molecule has 2 aromatic rings. The molecule has 0 aliphatic rings. The zero-order valence-corrected chi connectivity index (χ0v) is 14.6. The van der Waals surface area contributed by atoms with Gasteiger partial charge in [0, 0.05) is 18.3 Å². The van der Waals surface area contributed by atoms with Gasteiger partial charge in [0.05, 0.1) is 11.4 Å². The Balaban J connectivity index is 1.79. The second-order valence-electron chi connectivity index (χ2n) is 5.39. The third kappa shape index (κ3) is 6.18. The summed E-state index contributed by atoms with van der Waals surface area (Å²) >= 11 is 5.62. The first kappa shape index (κ1) is 19.4. The Morgan fingerprint density at radius 3 is 2.31 bits per heavy atom. The molecular formula is C18H16ClFN2O4. The zero-order valence-electron chi connectivity index (χ0n) is 13.8. The van der Waals surface area contributed by atoms with Gasteiger partial charge in [0.1, 0.15) is 5.82 Å². The first-order chi connectivity index (χ1) is 12.3. The summed E-state index contributed by atoms with van der Waals surface area (Å²) < 4.78 is 18.0. The topological polar surface area (TPSA) is 84.5 Å². The maximum absolute atomic E-state index is 13.0. The lowest BCUT2D eigenvalue weighted by atomic mass is 10.1. The van der Waals surface area contributed by atoms with Crippen LogP contribution in [0.2, 0.25) is 5.02 Å². The van der Waals surface area contributed by atoms with Gasteiger partial charge in [-0.1, -0.05) is 23.7 Å². The van der Waals surface area contributed by atoms with Crippen LogP contribution in [0.25, 0.3) is 0 Å². The summed E-state index contributed by atoms with van der Waals surface area (Å²) in [7, 11) is 0. The molecule has 8 heteroatoms. The largest absolute Gasteiger partial charge is 0.455 e. The van der Waals surface area contributed by atoms with E-state index in [1.807, 2.05) is 0 Å². The molecule has 0 aliphatic carbocycles. The Morgan fingerprint density at radius 1 is 1.04 bits per heavy atom. The molecule has 0 fully saturated rings. The van der Waals surface area contributed by atoms with E-state index in [0.717, 1.165) is 6.07 Å². The number of rotatable bonds is 6. The highest BCUT2D eigenvalue weighted by Crippen LogP contribution is 2.19. The Hall–Kier alpha value is -2.93. The second kappa shape index (κ2) is 8.96. The number of benzene rings is 2. The number of hydrogen-bond donors (Lipinski definition) is 2. The first-order valence-corrected chi connectivity index (χ1v) is 7.98. The molecule has 0 radical (unpaired) electrons. The van der Waals surface area contributed by atoms with E-state index >= 15 is 0 Å². The molecule has 2 N–H and O–H groups in total. The predicted octanol–water partition coefficient (Wildman–Crippen LogP) is 3.16. The molecule has 0 aromatic heterocycles. The van der Waals surface area contributed by atoms with E-state index in [0.29, 0.717) is 16.9 Å². The normalized spacial score (nSPS) is 10.1. The Labute approximate surface area is 154 Å². The van der Waals surface area contributed by atoms with Crippen molar-refractivity contribution < 1.29 is 23.5 Å². The highest BCUT2D eigenvalue weighted by atomic mass is 35.5. The van der Waals surface area contributed by atoms with Crippen LogP contribution in [-0.4, -0.2) is 24.4 Å². The number of carbonyl (C=O) groups excluding carboxylic acids is 3. The van der Waals surface area contributed by atoms with Crippen molar-refractivity contribution in [3.8, 4) is 0 Å². The van der Waals surface area contributed by atoms with E-state index in [1.54, 1.807) is 24.3 Å².